The molecule has 0 radical (unpaired) electrons. The van der Waals surface area contributed by atoms with Gasteiger partial charge in [-0.3, -0.25) is 10.1 Å². The molecule has 90 valence electrons. The van der Waals surface area contributed by atoms with Crippen LogP contribution in [0.5, 0.6) is 0 Å². The van der Waals surface area contributed by atoms with Crippen LogP contribution in [-0.2, 0) is 14.3 Å². The number of ether oxygens (including phenoxy) is 1. The molecule has 6 nitrogen and oxygen atoms in total. The second kappa shape index (κ2) is 6.60. The highest BCUT2D eigenvalue weighted by atomic mass is 16.5. The fraction of sp³-hybridized carbons (Fsp3) is 0.500. The van der Waals surface area contributed by atoms with E-state index < -0.39 is 24.0 Å². The van der Waals surface area contributed by atoms with E-state index >= 15 is 0 Å². The molecular formula is C10H16N2O4. The molecule has 0 aliphatic heterocycles. The van der Waals surface area contributed by atoms with Crippen LogP contribution in [0.1, 0.15) is 20.8 Å². The van der Waals surface area contributed by atoms with Gasteiger partial charge in [-0.25, -0.2) is 9.59 Å². The highest BCUT2D eigenvalue weighted by Crippen LogP contribution is 2.07. The number of carbonyl (C=O) groups is 3. The smallest absolute Gasteiger partial charge is 0.331 e. The monoisotopic (exact) mass is 228 g/mol. The van der Waals surface area contributed by atoms with Crippen LogP contribution in [0.15, 0.2) is 12.2 Å². The average Bonchev–Trinajstić information content (AvgIpc) is 2.12. The van der Waals surface area contributed by atoms with Crippen molar-refractivity contribution in [3.05, 3.63) is 12.2 Å². The maximum atomic E-state index is 11.4. The standard InChI is InChI=1S/C10H16N2O4/c1-4-5-7(13)16-8(6(2)3)9(14)12-10(11)15/h4-6,8H,1-3H3,(H3,11,12,14,15)/b5-4+. The van der Waals surface area contributed by atoms with Gasteiger partial charge in [-0.15, -0.1) is 0 Å². The van der Waals surface area contributed by atoms with Gasteiger partial charge in [0.1, 0.15) is 0 Å². The predicted octanol–water partition coefficient (Wildman–Crippen LogP) is 0.325. The Kier molecular flexibility index (Phi) is 5.84. The molecule has 0 aromatic rings. The summed E-state index contributed by atoms with van der Waals surface area (Å²) in [5.74, 6) is -1.62. The van der Waals surface area contributed by atoms with Crippen LogP contribution in [-0.4, -0.2) is 24.0 Å². The van der Waals surface area contributed by atoms with Gasteiger partial charge in [0, 0.05) is 6.08 Å². The number of rotatable bonds is 4. The molecule has 0 fully saturated rings. The minimum atomic E-state index is -1.03. The van der Waals surface area contributed by atoms with Crippen molar-refractivity contribution in [1.82, 2.24) is 5.32 Å². The Morgan fingerprint density at radius 3 is 2.25 bits per heavy atom. The zero-order valence-corrected chi connectivity index (χ0v) is 9.52. The second-order valence-electron chi connectivity index (χ2n) is 3.46. The number of nitrogens with one attached hydrogen (secondary N) is 1. The summed E-state index contributed by atoms with van der Waals surface area (Å²) in [7, 11) is 0. The Labute approximate surface area is 93.8 Å². The summed E-state index contributed by atoms with van der Waals surface area (Å²) in [5, 5.41) is 1.87. The van der Waals surface area contributed by atoms with Crippen LogP contribution in [0.4, 0.5) is 4.79 Å². The number of urea groups is 1. The van der Waals surface area contributed by atoms with Crippen LogP contribution in [0, 0.1) is 5.92 Å². The minimum absolute atomic E-state index is 0.256. The number of amides is 3. The molecule has 0 aliphatic carbocycles. The zero-order valence-electron chi connectivity index (χ0n) is 9.52. The van der Waals surface area contributed by atoms with Gasteiger partial charge in [0.25, 0.3) is 5.91 Å². The number of allylic oxidation sites excluding steroid dienone is 1. The first kappa shape index (κ1) is 14.2. The summed E-state index contributed by atoms with van der Waals surface area (Å²) in [5.41, 5.74) is 4.80. The molecular weight excluding hydrogens is 212 g/mol. The van der Waals surface area contributed by atoms with Crippen molar-refractivity contribution in [3.63, 3.8) is 0 Å². The Morgan fingerprint density at radius 2 is 1.88 bits per heavy atom. The van der Waals surface area contributed by atoms with E-state index in [1.807, 2.05) is 5.32 Å². The van der Waals surface area contributed by atoms with Crippen molar-refractivity contribution < 1.29 is 19.1 Å². The van der Waals surface area contributed by atoms with Gasteiger partial charge >= 0.3 is 12.0 Å². The summed E-state index contributed by atoms with van der Waals surface area (Å²) < 4.78 is 4.87. The molecule has 16 heavy (non-hydrogen) atoms. The molecule has 3 N–H and O–H groups in total. The minimum Gasteiger partial charge on any atom is -0.449 e. The number of carbonyl (C=O) groups excluding carboxylic acids is 3. The molecule has 3 amide bonds. The Hall–Kier alpha value is -1.85. The molecule has 0 bridgehead atoms. The number of hydrogen-bond donors (Lipinski definition) is 2. The maximum absolute atomic E-state index is 11.4. The van der Waals surface area contributed by atoms with Crippen molar-refractivity contribution in [2.75, 3.05) is 0 Å². The first-order chi connectivity index (χ1) is 7.38. The van der Waals surface area contributed by atoms with Crippen LogP contribution < -0.4 is 11.1 Å². The highest BCUT2D eigenvalue weighted by molar-refractivity contribution is 5.97. The third-order valence-corrected chi connectivity index (χ3v) is 1.66. The topological polar surface area (TPSA) is 98.5 Å². The summed E-state index contributed by atoms with van der Waals surface area (Å²) in [6.45, 7) is 5.03. The largest absolute Gasteiger partial charge is 0.449 e. The molecule has 0 saturated carbocycles. The molecule has 1 unspecified atom stereocenters. The number of hydrogen-bond acceptors (Lipinski definition) is 4. The van der Waals surface area contributed by atoms with Gasteiger partial charge in [-0.05, 0) is 12.8 Å². The van der Waals surface area contributed by atoms with E-state index in [1.165, 1.54) is 12.2 Å². The SMILES string of the molecule is C/C=C/C(=O)OC(C(=O)NC(N)=O)C(C)C. The van der Waals surface area contributed by atoms with Crippen molar-refractivity contribution in [2.24, 2.45) is 11.7 Å². The lowest BCUT2D eigenvalue weighted by atomic mass is 10.1. The van der Waals surface area contributed by atoms with E-state index in [2.05, 4.69) is 0 Å². The van der Waals surface area contributed by atoms with E-state index in [1.54, 1.807) is 20.8 Å². The molecule has 1 atom stereocenters. The van der Waals surface area contributed by atoms with Crippen LogP contribution in [0.3, 0.4) is 0 Å². The lowest BCUT2D eigenvalue weighted by Crippen LogP contribution is -2.45. The van der Waals surface area contributed by atoms with Gasteiger partial charge < -0.3 is 10.5 Å². The third kappa shape index (κ3) is 5.14. The fourth-order valence-electron chi connectivity index (χ4n) is 0.985. The fourth-order valence-corrected chi connectivity index (χ4v) is 0.985. The van der Waals surface area contributed by atoms with Crippen LogP contribution in [0.25, 0.3) is 0 Å². The van der Waals surface area contributed by atoms with Crippen molar-refractivity contribution in [3.8, 4) is 0 Å². The maximum Gasteiger partial charge on any atom is 0.331 e. The molecule has 0 aliphatic rings. The molecule has 6 heteroatoms. The van der Waals surface area contributed by atoms with Crippen molar-refractivity contribution >= 4 is 17.9 Å². The zero-order chi connectivity index (χ0) is 12.7. The summed E-state index contributed by atoms with van der Waals surface area (Å²) in [6.07, 6.45) is 1.65. The Morgan fingerprint density at radius 1 is 1.31 bits per heavy atom. The van der Waals surface area contributed by atoms with E-state index in [9.17, 15) is 14.4 Å². The number of primary amides is 1. The first-order valence-corrected chi connectivity index (χ1v) is 4.82. The van der Waals surface area contributed by atoms with Gasteiger partial charge in [-0.2, -0.15) is 0 Å². The third-order valence-electron chi connectivity index (χ3n) is 1.66. The molecule has 0 saturated heterocycles. The van der Waals surface area contributed by atoms with Crippen LogP contribution >= 0.6 is 0 Å². The first-order valence-electron chi connectivity index (χ1n) is 4.82. The highest BCUT2D eigenvalue weighted by Gasteiger charge is 2.26. The quantitative estimate of drug-likeness (QED) is 0.535. The van der Waals surface area contributed by atoms with Gasteiger partial charge in [-0.1, -0.05) is 19.9 Å². The van der Waals surface area contributed by atoms with E-state index in [4.69, 9.17) is 10.5 Å². The Balaban J connectivity index is 4.55. The van der Waals surface area contributed by atoms with Crippen LogP contribution in [0.2, 0.25) is 0 Å². The van der Waals surface area contributed by atoms with Crippen molar-refractivity contribution in [1.29, 1.82) is 0 Å². The van der Waals surface area contributed by atoms with E-state index in [0.717, 1.165) is 0 Å². The summed E-state index contributed by atoms with van der Waals surface area (Å²) in [6, 6.07) is -0.974. The van der Waals surface area contributed by atoms with E-state index in [-0.39, 0.29) is 5.92 Å². The molecule has 0 spiro atoms. The second-order valence-corrected chi connectivity index (χ2v) is 3.46. The molecule has 0 rings (SSSR count). The number of imide groups is 1. The normalized spacial score (nSPS) is 12.5. The molecule has 0 aromatic carbocycles. The van der Waals surface area contributed by atoms with Gasteiger partial charge in [0.2, 0.25) is 0 Å². The summed E-state index contributed by atoms with van der Waals surface area (Å²) >= 11 is 0. The van der Waals surface area contributed by atoms with Crippen molar-refractivity contribution in [2.45, 2.75) is 26.9 Å². The van der Waals surface area contributed by atoms with E-state index in [0.29, 0.717) is 0 Å². The van der Waals surface area contributed by atoms with Gasteiger partial charge in [0.15, 0.2) is 6.10 Å². The lowest BCUT2D eigenvalue weighted by Gasteiger charge is -2.18. The number of esters is 1. The predicted molar refractivity (Wildman–Crippen MR) is 57.3 cm³/mol. The number of nitrogens with two attached hydrogens (primary N) is 1. The summed E-state index contributed by atoms with van der Waals surface area (Å²) in [4.78, 5) is 33.0. The Bertz CT molecular complexity index is 310. The lowest BCUT2D eigenvalue weighted by molar-refractivity contribution is -0.153. The average molecular weight is 228 g/mol. The molecule has 0 aromatic heterocycles. The molecule has 0 heterocycles. The van der Waals surface area contributed by atoms with Gasteiger partial charge in [0.05, 0.1) is 0 Å².